The average molecular weight is 487 g/mol. The van der Waals surface area contributed by atoms with Gasteiger partial charge in [0.15, 0.2) is 17.5 Å². The van der Waals surface area contributed by atoms with Gasteiger partial charge in [-0.2, -0.15) is 5.10 Å². The lowest BCUT2D eigenvalue weighted by atomic mass is 10.3. The third-order valence-electron chi connectivity index (χ3n) is 3.66. The summed E-state index contributed by atoms with van der Waals surface area (Å²) in [4.78, 5) is 4.61. The van der Waals surface area contributed by atoms with Crippen LogP contribution < -0.4 is 20.1 Å². The van der Waals surface area contributed by atoms with Crippen molar-refractivity contribution >= 4 is 29.9 Å². The van der Waals surface area contributed by atoms with Crippen LogP contribution in [-0.4, -0.2) is 48.6 Å². The molecule has 0 fully saturated rings. The number of guanidine groups is 1. The first kappa shape index (κ1) is 23.1. The Morgan fingerprint density at radius 1 is 1.22 bits per heavy atom. The summed E-state index contributed by atoms with van der Waals surface area (Å²) in [7, 11) is 1.64. The molecule has 1 aromatic heterocycles. The number of halogens is 1. The minimum Gasteiger partial charge on any atom is -0.493 e. The van der Waals surface area contributed by atoms with Crippen LogP contribution in [0.25, 0.3) is 0 Å². The molecule has 0 aliphatic carbocycles. The van der Waals surface area contributed by atoms with Crippen LogP contribution in [-0.2, 0) is 6.54 Å². The Hall–Kier alpha value is -1.97. The van der Waals surface area contributed by atoms with Crippen molar-refractivity contribution < 1.29 is 9.47 Å². The molecule has 2 aromatic rings. The zero-order chi connectivity index (χ0) is 18.6. The molecule has 7 nitrogen and oxygen atoms in total. The maximum atomic E-state index is 5.94. The van der Waals surface area contributed by atoms with Crippen LogP contribution in [0.3, 0.4) is 0 Å². The molecule has 150 valence electrons. The van der Waals surface area contributed by atoms with Crippen molar-refractivity contribution in [3.8, 4) is 11.5 Å². The number of rotatable bonds is 10. The molecular weight excluding hydrogens is 457 g/mol. The molecule has 2 N–H and O–H groups in total. The first-order chi connectivity index (χ1) is 12.7. The lowest BCUT2D eigenvalue weighted by molar-refractivity contribution is 0.219. The lowest BCUT2D eigenvalue weighted by Gasteiger charge is -2.16. The third kappa shape index (κ3) is 8.51. The normalized spacial score (nSPS) is 12.0. The van der Waals surface area contributed by atoms with Crippen molar-refractivity contribution in [2.45, 2.75) is 32.9 Å². The van der Waals surface area contributed by atoms with E-state index >= 15 is 0 Å². The quantitative estimate of drug-likeness (QED) is 0.234. The molecule has 2 rings (SSSR count). The second kappa shape index (κ2) is 13.2. The van der Waals surface area contributed by atoms with E-state index in [-0.39, 0.29) is 30.1 Å². The molecule has 1 heterocycles. The van der Waals surface area contributed by atoms with Gasteiger partial charge in [-0.25, -0.2) is 4.99 Å². The van der Waals surface area contributed by atoms with Gasteiger partial charge in [0.05, 0.1) is 13.7 Å². The van der Waals surface area contributed by atoms with E-state index in [0.717, 1.165) is 43.5 Å². The number of aromatic nitrogens is 2. The van der Waals surface area contributed by atoms with Crippen LogP contribution >= 0.6 is 24.0 Å². The fourth-order valence-electron chi connectivity index (χ4n) is 2.41. The largest absolute Gasteiger partial charge is 0.493 e. The van der Waals surface area contributed by atoms with Crippen molar-refractivity contribution in [3.05, 3.63) is 42.7 Å². The fraction of sp³-hybridized carbons (Fsp3) is 0.474. The van der Waals surface area contributed by atoms with Crippen molar-refractivity contribution in [3.63, 3.8) is 0 Å². The smallest absolute Gasteiger partial charge is 0.191 e. The number of aryl methyl sites for hydroxylation is 1. The Balaban J connectivity index is 0.00000364. The zero-order valence-electron chi connectivity index (χ0n) is 16.2. The van der Waals surface area contributed by atoms with Gasteiger partial charge in [0, 0.05) is 32.0 Å². The Kier molecular flexibility index (Phi) is 11.3. The average Bonchev–Trinajstić information content (AvgIpc) is 3.17. The van der Waals surface area contributed by atoms with E-state index in [1.54, 1.807) is 13.3 Å². The Labute approximate surface area is 178 Å². The number of benzene rings is 1. The first-order valence-electron chi connectivity index (χ1n) is 9.02. The van der Waals surface area contributed by atoms with E-state index in [2.05, 4.69) is 27.6 Å². The highest BCUT2D eigenvalue weighted by molar-refractivity contribution is 14.0. The molecule has 1 atom stereocenters. The number of hydrogen-bond donors (Lipinski definition) is 2. The molecule has 0 amide bonds. The predicted molar refractivity (Wildman–Crippen MR) is 119 cm³/mol. The number of nitrogens with zero attached hydrogens (tertiary/aromatic N) is 3. The zero-order valence-corrected chi connectivity index (χ0v) is 18.6. The minimum absolute atomic E-state index is 0. The summed E-state index contributed by atoms with van der Waals surface area (Å²) in [5.41, 5.74) is 0. The van der Waals surface area contributed by atoms with Gasteiger partial charge in [0.1, 0.15) is 6.10 Å². The molecule has 1 unspecified atom stereocenters. The highest BCUT2D eigenvalue weighted by atomic mass is 127. The van der Waals surface area contributed by atoms with Gasteiger partial charge in [0.25, 0.3) is 0 Å². The highest BCUT2D eigenvalue weighted by Gasteiger charge is 2.08. The SMILES string of the molecule is CCNC(=NCC(C)Oc1ccccc1OC)NCCCn1cccn1.I. The van der Waals surface area contributed by atoms with Gasteiger partial charge in [-0.15, -0.1) is 24.0 Å². The van der Waals surface area contributed by atoms with Crippen LogP contribution in [0.2, 0.25) is 0 Å². The topological polar surface area (TPSA) is 72.7 Å². The van der Waals surface area contributed by atoms with E-state index in [1.165, 1.54) is 0 Å². The van der Waals surface area contributed by atoms with Crippen molar-refractivity contribution in [2.24, 2.45) is 4.99 Å². The maximum absolute atomic E-state index is 5.94. The summed E-state index contributed by atoms with van der Waals surface area (Å²) >= 11 is 0. The second-order valence-electron chi connectivity index (χ2n) is 5.85. The van der Waals surface area contributed by atoms with E-state index in [4.69, 9.17) is 9.47 Å². The predicted octanol–water partition coefficient (Wildman–Crippen LogP) is 2.92. The van der Waals surface area contributed by atoms with Crippen molar-refractivity contribution in [2.75, 3.05) is 26.7 Å². The van der Waals surface area contributed by atoms with E-state index in [1.807, 2.05) is 48.1 Å². The van der Waals surface area contributed by atoms with Gasteiger partial charge in [-0.1, -0.05) is 12.1 Å². The lowest BCUT2D eigenvalue weighted by Crippen LogP contribution is -2.38. The number of ether oxygens (including phenoxy) is 2. The number of hydrogen-bond acceptors (Lipinski definition) is 4. The Bertz CT molecular complexity index is 664. The summed E-state index contributed by atoms with van der Waals surface area (Å²) in [5, 5.41) is 10.8. The van der Waals surface area contributed by atoms with E-state index in [9.17, 15) is 0 Å². The summed E-state index contributed by atoms with van der Waals surface area (Å²) in [6, 6.07) is 9.57. The molecule has 0 aliphatic rings. The Morgan fingerprint density at radius 2 is 2.00 bits per heavy atom. The van der Waals surface area contributed by atoms with Crippen molar-refractivity contribution in [1.29, 1.82) is 0 Å². The molecular formula is C19H30IN5O2. The monoisotopic (exact) mass is 487 g/mol. The fourth-order valence-corrected chi connectivity index (χ4v) is 2.41. The molecule has 8 heteroatoms. The van der Waals surface area contributed by atoms with Crippen molar-refractivity contribution in [1.82, 2.24) is 20.4 Å². The number of para-hydroxylation sites is 2. The summed E-state index contributed by atoms with van der Waals surface area (Å²) < 4.78 is 13.2. The summed E-state index contributed by atoms with van der Waals surface area (Å²) in [6.07, 6.45) is 4.67. The molecule has 0 saturated heterocycles. The van der Waals surface area contributed by atoms with E-state index in [0.29, 0.717) is 6.54 Å². The molecule has 27 heavy (non-hydrogen) atoms. The molecule has 0 aliphatic heterocycles. The third-order valence-corrected chi connectivity index (χ3v) is 3.66. The van der Waals surface area contributed by atoms with Crippen LogP contribution in [0.1, 0.15) is 20.3 Å². The molecule has 0 bridgehead atoms. The number of nitrogens with one attached hydrogen (secondary N) is 2. The van der Waals surface area contributed by atoms with Gasteiger partial charge >= 0.3 is 0 Å². The van der Waals surface area contributed by atoms with Crippen LogP contribution in [0, 0.1) is 0 Å². The standard InChI is InChI=1S/C19H29N5O2.HI/c1-4-20-19(21-11-7-13-24-14-8-12-23-24)22-15-16(2)26-18-10-6-5-9-17(18)25-3;/h5-6,8-10,12,14,16H,4,7,11,13,15H2,1-3H3,(H2,20,21,22);1H. The number of methoxy groups -OCH3 is 1. The van der Waals surface area contributed by atoms with Crippen LogP contribution in [0.4, 0.5) is 0 Å². The minimum atomic E-state index is -0.0640. The summed E-state index contributed by atoms with van der Waals surface area (Å²) in [5.74, 6) is 2.25. The summed E-state index contributed by atoms with van der Waals surface area (Å²) in [6.45, 7) is 7.12. The van der Waals surface area contributed by atoms with Crippen LogP contribution in [0.15, 0.2) is 47.7 Å². The van der Waals surface area contributed by atoms with E-state index < -0.39 is 0 Å². The van der Waals surface area contributed by atoms with Gasteiger partial charge in [0.2, 0.25) is 0 Å². The molecule has 1 aromatic carbocycles. The second-order valence-corrected chi connectivity index (χ2v) is 5.85. The molecule has 0 spiro atoms. The number of aliphatic imine (C=N–C) groups is 1. The molecule has 0 saturated carbocycles. The Morgan fingerprint density at radius 3 is 2.67 bits per heavy atom. The first-order valence-corrected chi connectivity index (χ1v) is 9.02. The molecule has 0 radical (unpaired) electrons. The van der Waals surface area contributed by atoms with Crippen LogP contribution in [0.5, 0.6) is 11.5 Å². The highest BCUT2D eigenvalue weighted by Crippen LogP contribution is 2.26. The van der Waals surface area contributed by atoms with Gasteiger partial charge in [-0.05, 0) is 38.5 Å². The van der Waals surface area contributed by atoms with Gasteiger partial charge in [-0.3, -0.25) is 4.68 Å². The van der Waals surface area contributed by atoms with Gasteiger partial charge < -0.3 is 20.1 Å². The maximum Gasteiger partial charge on any atom is 0.191 e.